The van der Waals surface area contributed by atoms with Crippen molar-refractivity contribution in [2.45, 2.75) is 45.1 Å². The fourth-order valence-electron chi connectivity index (χ4n) is 3.48. The summed E-state index contributed by atoms with van der Waals surface area (Å²) >= 11 is 0. The Morgan fingerprint density at radius 3 is 2.72 bits per heavy atom. The third kappa shape index (κ3) is 1.94. The minimum atomic E-state index is 0.253. The van der Waals surface area contributed by atoms with Gasteiger partial charge >= 0.3 is 0 Å². The van der Waals surface area contributed by atoms with Crippen LogP contribution < -0.4 is 0 Å². The monoisotopic (exact) mass is 243 g/mol. The van der Waals surface area contributed by atoms with Crippen LogP contribution >= 0.6 is 0 Å². The van der Waals surface area contributed by atoms with Gasteiger partial charge in [0.25, 0.3) is 0 Å². The lowest BCUT2D eigenvalue weighted by Crippen LogP contribution is -2.41. The van der Waals surface area contributed by atoms with Crippen molar-refractivity contribution in [1.29, 1.82) is 0 Å². The third-order valence-corrected chi connectivity index (χ3v) is 4.58. The molecule has 1 saturated carbocycles. The normalized spacial score (nSPS) is 24.1. The molecule has 1 fully saturated rings. The van der Waals surface area contributed by atoms with Crippen LogP contribution in [0.25, 0.3) is 0 Å². The Kier molecular flexibility index (Phi) is 3.11. The molecule has 1 amide bonds. The second-order valence-corrected chi connectivity index (χ2v) is 5.64. The molecule has 3 rings (SSSR count). The Bertz CT molecular complexity index is 448. The largest absolute Gasteiger partial charge is 0.335 e. The van der Waals surface area contributed by atoms with Gasteiger partial charge in [0.05, 0.1) is 6.04 Å². The van der Waals surface area contributed by atoms with E-state index >= 15 is 0 Å². The SMILES string of the molecule is CC1c2ccccc2CCN1C(=O)C1CCCC1. The Morgan fingerprint density at radius 2 is 1.94 bits per heavy atom. The van der Waals surface area contributed by atoms with E-state index < -0.39 is 0 Å². The average Bonchev–Trinajstić information content (AvgIpc) is 2.93. The molecule has 0 radical (unpaired) electrons. The highest BCUT2D eigenvalue weighted by Crippen LogP contribution is 2.33. The number of rotatable bonds is 1. The molecule has 96 valence electrons. The molecule has 0 aromatic heterocycles. The maximum atomic E-state index is 12.5. The van der Waals surface area contributed by atoms with E-state index in [2.05, 4.69) is 36.1 Å². The molecule has 0 saturated heterocycles. The molecule has 2 aliphatic rings. The predicted octanol–water partition coefficient (Wildman–Crippen LogP) is 3.32. The van der Waals surface area contributed by atoms with Crippen LogP contribution in [0.15, 0.2) is 24.3 Å². The van der Waals surface area contributed by atoms with Crippen molar-refractivity contribution in [3.8, 4) is 0 Å². The molecule has 1 aliphatic carbocycles. The van der Waals surface area contributed by atoms with E-state index in [1.807, 2.05) is 0 Å². The first-order valence-electron chi connectivity index (χ1n) is 7.15. The summed E-state index contributed by atoms with van der Waals surface area (Å²) in [6.07, 6.45) is 5.68. The second kappa shape index (κ2) is 4.75. The van der Waals surface area contributed by atoms with E-state index in [0.717, 1.165) is 25.8 Å². The van der Waals surface area contributed by atoms with Crippen molar-refractivity contribution in [2.75, 3.05) is 6.54 Å². The first kappa shape index (κ1) is 11.8. The maximum absolute atomic E-state index is 12.5. The number of amides is 1. The van der Waals surface area contributed by atoms with Gasteiger partial charge in [-0.05, 0) is 37.3 Å². The Balaban J connectivity index is 1.81. The van der Waals surface area contributed by atoms with Gasteiger partial charge < -0.3 is 4.90 Å². The summed E-state index contributed by atoms with van der Waals surface area (Å²) in [6, 6.07) is 8.80. The van der Waals surface area contributed by atoms with E-state index in [1.54, 1.807) is 0 Å². The van der Waals surface area contributed by atoms with Gasteiger partial charge in [0, 0.05) is 12.5 Å². The molecule has 0 bridgehead atoms. The summed E-state index contributed by atoms with van der Waals surface area (Å²) in [7, 11) is 0. The van der Waals surface area contributed by atoms with Crippen LogP contribution in [0.4, 0.5) is 0 Å². The van der Waals surface area contributed by atoms with Crippen molar-refractivity contribution in [1.82, 2.24) is 4.90 Å². The van der Waals surface area contributed by atoms with Crippen molar-refractivity contribution in [3.63, 3.8) is 0 Å². The van der Waals surface area contributed by atoms with Crippen LogP contribution in [-0.2, 0) is 11.2 Å². The number of fused-ring (bicyclic) bond motifs is 1. The second-order valence-electron chi connectivity index (χ2n) is 5.64. The summed E-state index contributed by atoms with van der Waals surface area (Å²) in [5.74, 6) is 0.701. The number of carbonyl (C=O) groups excluding carboxylic acids is 1. The molecule has 1 aromatic rings. The fraction of sp³-hybridized carbons (Fsp3) is 0.562. The molecule has 0 spiro atoms. The maximum Gasteiger partial charge on any atom is 0.226 e. The van der Waals surface area contributed by atoms with Crippen LogP contribution in [0.3, 0.4) is 0 Å². The Morgan fingerprint density at radius 1 is 1.22 bits per heavy atom. The molecular weight excluding hydrogens is 222 g/mol. The summed E-state index contributed by atoms with van der Waals surface area (Å²) in [5, 5.41) is 0. The summed E-state index contributed by atoms with van der Waals surface area (Å²) in [4.78, 5) is 14.7. The summed E-state index contributed by atoms with van der Waals surface area (Å²) in [5.41, 5.74) is 2.76. The quantitative estimate of drug-likeness (QED) is 0.741. The minimum Gasteiger partial charge on any atom is -0.335 e. The predicted molar refractivity (Wildman–Crippen MR) is 72.2 cm³/mol. The van der Waals surface area contributed by atoms with E-state index in [0.29, 0.717) is 11.8 Å². The van der Waals surface area contributed by atoms with E-state index in [4.69, 9.17) is 0 Å². The van der Waals surface area contributed by atoms with E-state index in [9.17, 15) is 4.79 Å². The molecule has 1 unspecified atom stereocenters. The third-order valence-electron chi connectivity index (χ3n) is 4.58. The lowest BCUT2D eigenvalue weighted by molar-refractivity contribution is -0.138. The molecule has 2 nitrogen and oxygen atoms in total. The summed E-state index contributed by atoms with van der Waals surface area (Å²) in [6.45, 7) is 3.07. The topological polar surface area (TPSA) is 20.3 Å². The van der Waals surface area contributed by atoms with Gasteiger partial charge in [-0.3, -0.25) is 4.79 Å². The van der Waals surface area contributed by atoms with Gasteiger partial charge in [0.2, 0.25) is 5.91 Å². The molecular formula is C16H21NO. The van der Waals surface area contributed by atoms with Gasteiger partial charge in [-0.1, -0.05) is 37.1 Å². The van der Waals surface area contributed by atoms with Crippen molar-refractivity contribution in [2.24, 2.45) is 5.92 Å². The smallest absolute Gasteiger partial charge is 0.226 e. The Hall–Kier alpha value is -1.31. The molecule has 18 heavy (non-hydrogen) atoms. The standard InChI is InChI=1S/C16H21NO/c1-12-15-9-5-4-6-13(15)10-11-17(12)16(18)14-7-2-3-8-14/h4-6,9,12,14H,2-3,7-8,10-11H2,1H3. The van der Waals surface area contributed by atoms with E-state index in [-0.39, 0.29) is 6.04 Å². The minimum absolute atomic E-state index is 0.253. The number of hydrogen-bond acceptors (Lipinski definition) is 1. The number of hydrogen-bond donors (Lipinski definition) is 0. The van der Waals surface area contributed by atoms with Crippen LogP contribution in [0.2, 0.25) is 0 Å². The van der Waals surface area contributed by atoms with Crippen molar-refractivity contribution < 1.29 is 4.79 Å². The van der Waals surface area contributed by atoms with Gasteiger partial charge in [-0.2, -0.15) is 0 Å². The van der Waals surface area contributed by atoms with Crippen molar-refractivity contribution in [3.05, 3.63) is 35.4 Å². The Labute approximate surface area is 109 Å². The van der Waals surface area contributed by atoms with Crippen LogP contribution in [0.5, 0.6) is 0 Å². The lowest BCUT2D eigenvalue weighted by atomic mass is 9.92. The van der Waals surface area contributed by atoms with Crippen LogP contribution in [0.1, 0.15) is 49.8 Å². The summed E-state index contributed by atoms with van der Waals surface area (Å²) < 4.78 is 0. The molecule has 1 atom stereocenters. The van der Waals surface area contributed by atoms with E-state index in [1.165, 1.54) is 24.0 Å². The average molecular weight is 243 g/mol. The number of benzene rings is 1. The molecule has 2 heteroatoms. The van der Waals surface area contributed by atoms with Gasteiger partial charge in [0.1, 0.15) is 0 Å². The molecule has 1 aliphatic heterocycles. The van der Waals surface area contributed by atoms with Gasteiger partial charge in [0.15, 0.2) is 0 Å². The lowest BCUT2D eigenvalue weighted by Gasteiger charge is -2.36. The van der Waals surface area contributed by atoms with Gasteiger partial charge in [-0.25, -0.2) is 0 Å². The van der Waals surface area contributed by atoms with Crippen LogP contribution in [0, 0.1) is 5.92 Å². The number of nitrogens with zero attached hydrogens (tertiary/aromatic N) is 1. The molecule has 0 N–H and O–H groups in total. The first-order chi connectivity index (χ1) is 8.77. The molecule has 1 heterocycles. The fourth-order valence-corrected chi connectivity index (χ4v) is 3.48. The molecule has 1 aromatic carbocycles. The zero-order valence-corrected chi connectivity index (χ0v) is 11.1. The van der Waals surface area contributed by atoms with Crippen LogP contribution in [-0.4, -0.2) is 17.4 Å². The zero-order chi connectivity index (χ0) is 12.5. The van der Waals surface area contributed by atoms with Crippen molar-refractivity contribution >= 4 is 5.91 Å². The highest BCUT2D eigenvalue weighted by Gasteiger charge is 2.32. The highest BCUT2D eigenvalue weighted by atomic mass is 16.2. The highest BCUT2D eigenvalue weighted by molar-refractivity contribution is 5.80. The zero-order valence-electron chi connectivity index (χ0n) is 11.1. The first-order valence-corrected chi connectivity index (χ1v) is 7.15. The number of carbonyl (C=O) groups is 1. The van der Waals surface area contributed by atoms with Gasteiger partial charge in [-0.15, -0.1) is 0 Å².